The van der Waals surface area contributed by atoms with Crippen LogP contribution in [0.3, 0.4) is 0 Å². The minimum atomic E-state index is 0. The van der Waals surface area contributed by atoms with Gasteiger partial charge in [-0.2, -0.15) is 0 Å². The number of likely N-dealkylation sites (tertiary alicyclic amines) is 1. The molecule has 0 radical (unpaired) electrons. The number of halogens is 2. The number of carbonyl (C=O) groups excluding carboxylic acids is 1. The Morgan fingerprint density at radius 1 is 1.31 bits per heavy atom. The van der Waals surface area contributed by atoms with Crippen molar-refractivity contribution in [2.45, 2.75) is 19.3 Å². The molecule has 0 bridgehead atoms. The highest BCUT2D eigenvalue weighted by molar-refractivity contribution is 6.30. The van der Waals surface area contributed by atoms with Crippen LogP contribution in [0, 0.1) is 5.92 Å². The smallest absolute Gasteiger partial charge is 0.226 e. The summed E-state index contributed by atoms with van der Waals surface area (Å²) in [5, 5.41) is 0.617. The summed E-state index contributed by atoms with van der Waals surface area (Å²) in [5.41, 5.74) is 0. The summed E-state index contributed by atoms with van der Waals surface area (Å²) in [7, 11) is 0. The van der Waals surface area contributed by atoms with E-state index in [0.717, 1.165) is 52.0 Å². The summed E-state index contributed by atoms with van der Waals surface area (Å²) >= 11 is 5.80. The summed E-state index contributed by atoms with van der Waals surface area (Å²) in [4.78, 5) is 20.2. The first-order valence-corrected chi connectivity index (χ1v) is 9.54. The van der Waals surface area contributed by atoms with Gasteiger partial charge in [0.25, 0.3) is 0 Å². The lowest BCUT2D eigenvalue weighted by molar-refractivity contribution is -0.906. The molecule has 3 heterocycles. The van der Waals surface area contributed by atoms with Gasteiger partial charge in [-0.25, -0.2) is 4.98 Å². The first-order chi connectivity index (χ1) is 12.2. The van der Waals surface area contributed by atoms with Crippen LogP contribution in [0.1, 0.15) is 19.3 Å². The van der Waals surface area contributed by atoms with Crippen LogP contribution in [0.25, 0.3) is 0 Å². The molecule has 2 saturated heterocycles. The molecule has 1 N–H and O–H groups in total. The lowest BCUT2D eigenvalue weighted by Gasteiger charge is -2.34. The lowest BCUT2D eigenvalue weighted by Crippen LogP contribution is -3.13. The van der Waals surface area contributed by atoms with Crippen LogP contribution in [-0.2, 0) is 9.53 Å². The fraction of sp³-hybridized carbons (Fsp3) is 0.667. The zero-order valence-corrected chi connectivity index (χ0v) is 16.5. The van der Waals surface area contributed by atoms with Gasteiger partial charge in [-0.15, -0.1) is 0 Å². The second-order valence-corrected chi connectivity index (χ2v) is 7.17. The van der Waals surface area contributed by atoms with E-state index in [1.54, 1.807) is 23.2 Å². The molecule has 0 aliphatic carbocycles. The number of morpholine rings is 1. The van der Waals surface area contributed by atoms with E-state index in [4.69, 9.17) is 21.1 Å². The number of hydrogen-bond acceptors (Lipinski definition) is 4. The Morgan fingerprint density at radius 2 is 2.04 bits per heavy atom. The minimum Gasteiger partial charge on any atom is -1.00 e. The number of carbonyl (C=O) groups is 1. The van der Waals surface area contributed by atoms with Gasteiger partial charge in [0.05, 0.1) is 44.5 Å². The molecule has 0 saturated carbocycles. The molecule has 0 atom stereocenters. The zero-order chi connectivity index (χ0) is 17.5. The van der Waals surface area contributed by atoms with E-state index in [1.807, 2.05) is 4.90 Å². The minimum absolute atomic E-state index is 0. The van der Waals surface area contributed by atoms with Crippen molar-refractivity contribution >= 4 is 17.5 Å². The van der Waals surface area contributed by atoms with Crippen molar-refractivity contribution in [3.8, 4) is 5.88 Å². The van der Waals surface area contributed by atoms with Crippen molar-refractivity contribution in [3.05, 3.63) is 23.4 Å². The normalized spacial score (nSPS) is 23.2. The van der Waals surface area contributed by atoms with Gasteiger partial charge in [0.2, 0.25) is 11.8 Å². The molecular formula is C18H27Cl2N3O3. The molecule has 8 heteroatoms. The Labute approximate surface area is 166 Å². The number of amides is 1. The second-order valence-electron chi connectivity index (χ2n) is 6.73. The van der Waals surface area contributed by atoms with E-state index in [-0.39, 0.29) is 18.3 Å². The third-order valence-corrected chi connectivity index (χ3v) is 5.21. The second kappa shape index (κ2) is 10.9. The van der Waals surface area contributed by atoms with Crippen LogP contribution in [0.2, 0.25) is 5.02 Å². The van der Waals surface area contributed by atoms with Crippen molar-refractivity contribution in [3.63, 3.8) is 0 Å². The van der Waals surface area contributed by atoms with Crippen molar-refractivity contribution in [2.75, 3.05) is 52.5 Å². The van der Waals surface area contributed by atoms with Crippen LogP contribution >= 0.6 is 11.6 Å². The van der Waals surface area contributed by atoms with Crippen LogP contribution < -0.4 is 22.0 Å². The summed E-state index contributed by atoms with van der Waals surface area (Å²) in [6, 6.07) is 3.57. The van der Waals surface area contributed by atoms with Crippen LogP contribution in [0.15, 0.2) is 18.3 Å². The lowest BCUT2D eigenvalue weighted by atomic mass is 9.95. The highest BCUT2D eigenvalue weighted by atomic mass is 35.5. The maximum Gasteiger partial charge on any atom is 0.226 e. The average Bonchev–Trinajstić information content (AvgIpc) is 2.67. The highest BCUT2D eigenvalue weighted by Gasteiger charge is 2.30. The molecular weight excluding hydrogens is 377 g/mol. The van der Waals surface area contributed by atoms with Gasteiger partial charge in [0.1, 0.15) is 0 Å². The maximum atomic E-state index is 12.5. The number of pyridine rings is 1. The molecule has 0 unspecified atom stereocenters. The van der Waals surface area contributed by atoms with E-state index in [1.165, 1.54) is 0 Å². The molecule has 3 rings (SSSR count). The Morgan fingerprint density at radius 3 is 2.69 bits per heavy atom. The number of hydrogen-bond donors (Lipinski definition) is 1. The van der Waals surface area contributed by atoms with E-state index in [9.17, 15) is 4.79 Å². The number of nitrogens with one attached hydrogen (secondary N) is 1. The summed E-state index contributed by atoms with van der Waals surface area (Å²) in [5.74, 6) is 1.16. The van der Waals surface area contributed by atoms with E-state index in [2.05, 4.69) is 4.98 Å². The third kappa shape index (κ3) is 6.27. The van der Waals surface area contributed by atoms with Gasteiger partial charge in [-0.05, 0) is 6.07 Å². The predicted octanol–water partition coefficient (Wildman–Crippen LogP) is -2.34. The SMILES string of the molecule is O=C(C1CC[NH+](CCCOc2ccc(Cl)cn2)CC1)N1CCOCC1.[Cl-]. The highest BCUT2D eigenvalue weighted by Crippen LogP contribution is 2.15. The Balaban J connectivity index is 0.00000243. The topological polar surface area (TPSA) is 56.1 Å². The molecule has 1 aromatic heterocycles. The molecule has 1 aromatic rings. The first kappa shape index (κ1) is 21.2. The van der Waals surface area contributed by atoms with Gasteiger partial charge in [-0.1, -0.05) is 11.6 Å². The largest absolute Gasteiger partial charge is 1.00 e. The van der Waals surface area contributed by atoms with Gasteiger partial charge >= 0.3 is 0 Å². The van der Waals surface area contributed by atoms with Crippen LogP contribution in [-0.4, -0.2) is 68.3 Å². The fourth-order valence-electron chi connectivity index (χ4n) is 3.51. The maximum absolute atomic E-state index is 12.5. The number of piperidine rings is 1. The summed E-state index contributed by atoms with van der Waals surface area (Å²) < 4.78 is 11.0. The quantitative estimate of drug-likeness (QED) is 0.541. The summed E-state index contributed by atoms with van der Waals surface area (Å²) in [6.45, 7) is 6.74. The van der Waals surface area contributed by atoms with Crippen molar-refractivity contribution in [1.82, 2.24) is 9.88 Å². The van der Waals surface area contributed by atoms with Crippen molar-refractivity contribution in [1.29, 1.82) is 0 Å². The third-order valence-electron chi connectivity index (χ3n) is 4.99. The van der Waals surface area contributed by atoms with E-state index < -0.39 is 0 Å². The van der Waals surface area contributed by atoms with Crippen molar-refractivity contribution < 1.29 is 31.6 Å². The van der Waals surface area contributed by atoms with E-state index >= 15 is 0 Å². The molecule has 146 valence electrons. The number of quaternary nitrogens is 1. The van der Waals surface area contributed by atoms with Crippen LogP contribution in [0.4, 0.5) is 0 Å². The first-order valence-electron chi connectivity index (χ1n) is 9.17. The Bertz CT molecular complexity index is 545. The van der Waals surface area contributed by atoms with Gasteiger partial charge in [-0.3, -0.25) is 4.79 Å². The van der Waals surface area contributed by atoms with Crippen molar-refractivity contribution in [2.24, 2.45) is 5.92 Å². The predicted molar refractivity (Wildman–Crippen MR) is 95.0 cm³/mol. The number of ether oxygens (including phenoxy) is 2. The van der Waals surface area contributed by atoms with E-state index in [0.29, 0.717) is 36.6 Å². The number of aromatic nitrogens is 1. The fourth-order valence-corrected chi connectivity index (χ4v) is 3.62. The molecule has 2 fully saturated rings. The average molecular weight is 404 g/mol. The number of rotatable bonds is 6. The standard InChI is InChI=1S/C18H26ClN3O3.ClH/c19-16-2-3-17(20-14-16)25-11-1-6-21-7-4-15(5-8-21)18(23)22-9-12-24-13-10-22;/h2-3,14-15H,1,4-13H2;1H. The monoisotopic (exact) mass is 403 g/mol. The molecule has 2 aliphatic rings. The van der Waals surface area contributed by atoms with Crippen LogP contribution in [0.5, 0.6) is 5.88 Å². The number of nitrogens with zero attached hydrogens (tertiary/aromatic N) is 2. The molecule has 6 nitrogen and oxygen atoms in total. The zero-order valence-electron chi connectivity index (χ0n) is 15.0. The molecule has 26 heavy (non-hydrogen) atoms. The molecule has 0 aromatic carbocycles. The van der Waals surface area contributed by atoms with Gasteiger partial charge < -0.3 is 31.7 Å². The van der Waals surface area contributed by atoms with Gasteiger partial charge in [0, 0.05) is 50.5 Å². The molecule has 0 spiro atoms. The summed E-state index contributed by atoms with van der Waals surface area (Å²) in [6.07, 6.45) is 4.57. The Hall–Kier alpha value is -1.08. The molecule has 1 amide bonds. The van der Waals surface area contributed by atoms with Gasteiger partial charge in [0.15, 0.2) is 0 Å². The Kier molecular flexibility index (Phi) is 8.91. The molecule has 2 aliphatic heterocycles.